The summed E-state index contributed by atoms with van der Waals surface area (Å²) in [6.07, 6.45) is 2.14. The number of amides is 1. The topological polar surface area (TPSA) is 84.6 Å². The van der Waals surface area contributed by atoms with Gasteiger partial charge in [0.1, 0.15) is 34.2 Å². The molecule has 1 amide bonds. The minimum atomic E-state index is -0.0379. The van der Waals surface area contributed by atoms with Crippen LogP contribution in [0.15, 0.2) is 59.1 Å². The summed E-state index contributed by atoms with van der Waals surface area (Å²) in [6, 6.07) is 17.5. The molecule has 0 aliphatic carbocycles. The van der Waals surface area contributed by atoms with Gasteiger partial charge in [-0.3, -0.25) is 4.79 Å². The summed E-state index contributed by atoms with van der Waals surface area (Å²) in [5.41, 5.74) is 1.99. The number of fused-ring (bicyclic) bond motifs is 1. The summed E-state index contributed by atoms with van der Waals surface area (Å²) in [5.74, 6) is 3.64. The van der Waals surface area contributed by atoms with Crippen LogP contribution >= 0.6 is 0 Å². The van der Waals surface area contributed by atoms with Gasteiger partial charge in [0.15, 0.2) is 0 Å². The van der Waals surface area contributed by atoms with Gasteiger partial charge in [-0.15, -0.1) is 0 Å². The molecule has 0 atom stereocenters. The van der Waals surface area contributed by atoms with E-state index in [9.17, 15) is 4.79 Å². The van der Waals surface area contributed by atoms with E-state index in [2.05, 4.69) is 44.7 Å². The number of anilines is 1. The third-order valence-electron chi connectivity index (χ3n) is 6.87. The van der Waals surface area contributed by atoms with Crippen LogP contribution in [-0.4, -0.2) is 52.1 Å². The molecule has 0 N–H and O–H groups in total. The van der Waals surface area contributed by atoms with Gasteiger partial charge >= 0.3 is 0 Å². The number of carbonyl (C=O) groups excluding carboxylic acids is 1. The lowest BCUT2D eigenvalue weighted by molar-refractivity contribution is -0.132. The van der Waals surface area contributed by atoms with E-state index < -0.39 is 0 Å². The van der Waals surface area contributed by atoms with E-state index in [-0.39, 0.29) is 11.3 Å². The lowest BCUT2D eigenvalue weighted by atomic mass is 9.91. The Bertz CT molecular complexity index is 1460. The first kappa shape index (κ1) is 27.6. The third kappa shape index (κ3) is 6.61. The highest BCUT2D eigenvalue weighted by Crippen LogP contribution is 2.36. The van der Waals surface area contributed by atoms with Crippen molar-refractivity contribution in [3.05, 3.63) is 60.4 Å². The molecule has 0 unspecified atom stereocenters. The smallest absolute Gasteiger partial charge is 0.263 e. The number of benzene rings is 2. The number of para-hydroxylation sites is 1. The van der Waals surface area contributed by atoms with Crippen molar-refractivity contribution < 1.29 is 14.1 Å². The zero-order chi connectivity index (χ0) is 28.3. The SMILES string of the molecule is CC(C)Cc1nc(N2CCCN(C(=O)CC(C)(C)C)CC2)c2c(-c3cccc(Oc4ccccc4)c3)noc2n1. The Morgan fingerprint density at radius 2 is 1.75 bits per heavy atom. The molecule has 0 spiro atoms. The van der Waals surface area contributed by atoms with Gasteiger partial charge in [-0.05, 0) is 42.0 Å². The molecular weight excluding hydrogens is 502 g/mol. The summed E-state index contributed by atoms with van der Waals surface area (Å²) in [5, 5.41) is 5.26. The fourth-order valence-electron chi connectivity index (χ4n) is 5.04. The van der Waals surface area contributed by atoms with E-state index >= 15 is 0 Å². The molecule has 4 aromatic rings. The second-order valence-corrected chi connectivity index (χ2v) is 12.2. The Balaban J connectivity index is 1.49. The van der Waals surface area contributed by atoms with Crippen molar-refractivity contribution in [1.82, 2.24) is 20.0 Å². The van der Waals surface area contributed by atoms with E-state index in [4.69, 9.17) is 19.2 Å². The molecule has 3 heterocycles. The van der Waals surface area contributed by atoms with E-state index in [1.54, 1.807) is 0 Å². The predicted molar refractivity (Wildman–Crippen MR) is 158 cm³/mol. The lowest BCUT2D eigenvalue weighted by Crippen LogP contribution is -2.37. The summed E-state index contributed by atoms with van der Waals surface area (Å²) < 4.78 is 11.9. The van der Waals surface area contributed by atoms with Gasteiger partial charge in [-0.2, -0.15) is 4.98 Å². The van der Waals surface area contributed by atoms with Crippen molar-refractivity contribution in [2.75, 3.05) is 31.1 Å². The van der Waals surface area contributed by atoms with E-state index in [1.165, 1.54) is 0 Å². The van der Waals surface area contributed by atoms with Gasteiger partial charge in [0.2, 0.25) is 5.91 Å². The van der Waals surface area contributed by atoms with Gasteiger partial charge in [-0.1, -0.05) is 70.1 Å². The fourth-order valence-corrected chi connectivity index (χ4v) is 5.04. The number of aromatic nitrogens is 3. The van der Waals surface area contributed by atoms with Crippen LogP contribution < -0.4 is 9.64 Å². The molecule has 1 saturated heterocycles. The Hall–Kier alpha value is -3.94. The molecule has 8 nitrogen and oxygen atoms in total. The Labute approximate surface area is 236 Å². The van der Waals surface area contributed by atoms with Gasteiger partial charge in [0, 0.05) is 44.6 Å². The molecule has 2 aromatic carbocycles. The fraction of sp³-hybridized carbons (Fsp3) is 0.438. The molecule has 40 heavy (non-hydrogen) atoms. The minimum Gasteiger partial charge on any atom is -0.457 e. The van der Waals surface area contributed by atoms with Crippen molar-refractivity contribution in [3.63, 3.8) is 0 Å². The highest BCUT2D eigenvalue weighted by atomic mass is 16.5. The molecule has 5 rings (SSSR count). The predicted octanol–water partition coefficient (Wildman–Crippen LogP) is 6.75. The van der Waals surface area contributed by atoms with Crippen molar-refractivity contribution in [3.8, 4) is 22.8 Å². The highest BCUT2D eigenvalue weighted by molar-refractivity contribution is 5.98. The Kier molecular flexibility index (Phi) is 8.05. The van der Waals surface area contributed by atoms with Crippen LogP contribution in [0.25, 0.3) is 22.4 Å². The Morgan fingerprint density at radius 3 is 2.50 bits per heavy atom. The first-order valence-corrected chi connectivity index (χ1v) is 14.2. The van der Waals surface area contributed by atoms with Gasteiger partial charge in [0.05, 0.1) is 0 Å². The molecule has 1 aliphatic heterocycles. The van der Waals surface area contributed by atoms with Gasteiger partial charge in [-0.25, -0.2) is 4.98 Å². The second-order valence-electron chi connectivity index (χ2n) is 12.2. The van der Waals surface area contributed by atoms with Crippen LogP contribution in [-0.2, 0) is 11.2 Å². The van der Waals surface area contributed by atoms with E-state index in [0.717, 1.165) is 54.3 Å². The normalized spacial score (nSPS) is 14.6. The van der Waals surface area contributed by atoms with Crippen molar-refractivity contribution in [2.45, 2.75) is 53.9 Å². The first-order chi connectivity index (χ1) is 19.2. The highest BCUT2D eigenvalue weighted by Gasteiger charge is 2.27. The van der Waals surface area contributed by atoms with Crippen LogP contribution in [0.4, 0.5) is 5.82 Å². The van der Waals surface area contributed by atoms with Crippen molar-refractivity contribution in [2.24, 2.45) is 11.3 Å². The summed E-state index contributed by atoms with van der Waals surface area (Å²) in [7, 11) is 0. The summed E-state index contributed by atoms with van der Waals surface area (Å²) >= 11 is 0. The first-order valence-electron chi connectivity index (χ1n) is 14.2. The molecular formula is C32H39N5O3. The summed E-state index contributed by atoms with van der Waals surface area (Å²) in [4.78, 5) is 27.1. The van der Waals surface area contributed by atoms with Crippen molar-refractivity contribution in [1.29, 1.82) is 0 Å². The maximum Gasteiger partial charge on any atom is 0.263 e. The zero-order valence-electron chi connectivity index (χ0n) is 24.2. The molecule has 1 fully saturated rings. The number of hydrogen-bond donors (Lipinski definition) is 0. The second kappa shape index (κ2) is 11.7. The lowest BCUT2D eigenvalue weighted by Gasteiger charge is -2.26. The molecule has 8 heteroatoms. The summed E-state index contributed by atoms with van der Waals surface area (Å²) in [6.45, 7) is 13.5. The quantitative estimate of drug-likeness (QED) is 0.256. The Morgan fingerprint density at radius 1 is 0.975 bits per heavy atom. The number of nitrogens with zero attached hydrogens (tertiary/aromatic N) is 5. The van der Waals surface area contributed by atoms with Crippen molar-refractivity contribution >= 4 is 22.8 Å². The zero-order valence-corrected chi connectivity index (χ0v) is 24.2. The average Bonchev–Trinajstić information content (AvgIpc) is 3.16. The molecule has 2 aromatic heterocycles. The largest absolute Gasteiger partial charge is 0.457 e. The van der Waals surface area contributed by atoms with Crippen LogP contribution in [0.3, 0.4) is 0 Å². The molecule has 0 radical (unpaired) electrons. The third-order valence-corrected chi connectivity index (χ3v) is 6.87. The molecule has 0 bridgehead atoms. The number of carbonyl (C=O) groups is 1. The number of ether oxygens (including phenoxy) is 1. The van der Waals surface area contributed by atoms with Crippen LogP contribution in [0, 0.1) is 11.3 Å². The maximum absolute atomic E-state index is 13.0. The maximum atomic E-state index is 13.0. The molecule has 210 valence electrons. The minimum absolute atomic E-state index is 0.0379. The standard InChI is InChI=1S/C32H39N5O3/c1-22(2)19-26-33-30(37-16-10-15-36(17-18-37)27(38)21-32(3,4)5)28-29(35-40-31(28)34-26)23-11-9-14-25(20-23)39-24-12-7-6-8-13-24/h6-9,11-14,20,22H,10,15-19,21H2,1-5H3. The molecule has 0 saturated carbocycles. The number of hydrogen-bond acceptors (Lipinski definition) is 7. The number of rotatable bonds is 7. The monoisotopic (exact) mass is 541 g/mol. The van der Waals surface area contributed by atoms with E-state index in [1.807, 2.05) is 59.5 Å². The van der Waals surface area contributed by atoms with Gasteiger partial charge in [0.25, 0.3) is 5.71 Å². The van der Waals surface area contributed by atoms with Crippen LogP contribution in [0.2, 0.25) is 0 Å². The van der Waals surface area contributed by atoms with Gasteiger partial charge < -0.3 is 19.1 Å². The van der Waals surface area contributed by atoms with E-state index in [0.29, 0.717) is 42.6 Å². The molecule has 1 aliphatic rings. The van der Waals surface area contributed by atoms with Crippen LogP contribution in [0.5, 0.6) is 11.5 Å². The van der Waals surface area contributed by atoms with Crippen LogP contribution in [0.1, 0.15) is 53.3 Å². The average molecular weight is 542 g/mol.